The van der Waals surface area contributed by atoms with Gasteiger partial charge in [0, 0.05) is 5.92 Å². The average molecular weight is 267 g/mol. The molecule has 0 saturated heterocycles. The fourth-order valence-corrected chi connectivity index (χ4v) is 2.93. The lowest BCUT2D eigenvalue weighted by atomic mass is 9.99. The molecule has 0 rings (SSSR count). The predicted octanol–water partition coefficient (Wildman–Crippen LogP) is 5.00. The number of rotatable bonds is 4. The molecule has 0 unspecified atom stereocenters. The topological polar surface area (TPSA) is 9.23 Å². The van der Waals surface area contributed by atoms with Crippen LogP contribution in [0, 0.1) is 17.8 Å². The minimum absolute atomic E-state index is 0.128. The van der Waals surface area contributed by atoms with E-state index in [1.807, 2.05) is 6.92 Å². The monoisotopic (exact) mass is 266 g/mol. The maximum Gasteiger partial charge on any atom is 0.192 e. The molecule has 0 aromatic rings. The Morgan fingerprint density at radius 3 is 2.11 bits per heavy atom. The van der Waals surface area contributed by atoms with E-state index in [-0.39, 0.29) is 17.1 Å². The Labute approximate surface area is 115 Å². The van der Waals surface area contributed by atoms with E-state index in [1.165, 1.54) is 5.57 Å². The summed E-state index contributed by atoms with van der Waals surface area (Å²) in [6.45, 7) is 19.7. The van der Waals surface area contributed by atoms with Gasteiger partial charge in [0.05, 0.1) is 6.10 Å². The Morgan fingerprint density at radius 2 is 1.78 bits per heavy atom. The lowest BCUT2D eigenvalue weighted by Crippen LogP contribution is -2.45. The molecule has 2 heteroatoms. The van der Waals surface area contributed by atoms with E-state index in [0.717, 1.165) is 0 Å². The molecule has 0 radical (unpaired) electrons. The first-order chi connectivity index (χ1) is 8.06. The molecule has 104 valence electrons. The lowest BCUT2D eigenvalue weighted by molar-refractivity contribution is 0.182. The average Bonchev–Trinajstić information content (AvgIpc) is 2.23. The van der Waals surface area contributed by atoms with Crippen LogP contribution in [0.5, 0.6) is 0 Å². The fraction of sp³-hybridized carbons (Fsp3) is 0.750. The Kier molecular flexibility index (Phi) is 6.40. The minimum Gasteiger partial charge on any atom is -0.409 e. The van der Waals surface area contributed by atoms with E-state index < -0.39 is 8.32 Å². The summed E-state index contributed by atoms with van der Waals surface area (Å²) in [5, 5.41) is 0.235. The maximum atomic E-state index is 6.54. The highest BCUT2D eigenvalue weighted by Crippen LogP contribution is 2.38. The summed E-state index contributed by atoms with van der Waals surface area (Å²) in [5.41, 5.74) is 1.29. The van der Waals surface area contributed by atoms with Gasteiger partial charge in [-0.25, -0.2) is 0 Å². The van der Waals surface area contributed by atoms with Crippen molar-refractivity contribution in [3.8, 4) is 11.8 Å². The van der Waals surface area contributed by atoms with Crippen molar-refractivity contribution in [3.63, 3.8) is 0 Å². The van der Waals surface area contributed by atoms with E-state index >= 15 is 0 Å². The molecule has 0 fully saturated rings. The van der Waals surface area contributed by atoms with Crippen molar-refractivity contribution in [1.82, 2.24) is 0 Å². The molecule has 0 heterocycles. The van der Waals surface area contributed by atoms with Crippen LogP contribution in [0.15, 0.2) is 11.6 Å². The zero-order valence-corrected chi connectivity index (χ0v) is 14.6. The third kappa shape index (κ3) is 4.63. The zero-order valence-electron chi connectivity index (χ0n) is 13.6. The molecule has 0 aliphatic heterocycles. The van der Waals surface area contributed by atoms with Gasteiger partial charge in [-0.15, -0.1) is 5.92 Å². The first-order valence-electron chi connectivity index (χ1n) is 6.79. The fourth-order valence-electron chi connectivity index (χ4n) is 1.55. The Morgan fingerprint density at radius 1 is 1.28 bits per heavy atom. The molecule has 0 spiro atoms. The standard InChI is InChI=1S/C16H30OSi/c1-10-12-14(4)15(13(3)11-2)17-18(8,9)16(5,6)7/h11,14-15H,1-9H3/b13-11+/t14-,15+/m1/s1. The molecule has 0 saturated carbocycles. The predicted molar refractivity (Wildman–Crippen MR) is 84.1 cm³/mol. The molecule has 0 aliphatic carbocycles. The van der Waals surface area contributed by atoms with Crippen LogP contribution in [-0.4, -0.2) is 14.4 Å². The van der Waals surface area contributed by atoms with Gasteiger partial charge in [0.15, 0.2) is 8.32 Å². The van der Waals surface area contributed by atoms with Gasteiger partial charge in [-0.3, -0.25) is 0 Å². The van der Waals surface area contributed by atoms with Crippen LogP contribution < -0.4 is 0 Å². The number of hydrogen-bond acceptors (Lipinski definition) is 1. The van der Waals surface area contributed by atoms with Crippen LogP contribution in [0.4, 0.5) is 0 Å². The molecule has 18 heavy (non-hydrogen) atoms. The smallest absolute Gasteiger partial charge is 0.192 e. The Bertz CT molecular complexity index is 350. The summed E-state index contributed by atoms with van der Waals surface area (Å²) in [6.07, 6.45) is 2.27. The molecule has 2 atom stereocenters. The molecule has 0 amide bonds. The Balaban J connectivity index is 5.19. The second kappa shape index (κ2) is 6.59. The second-order valence-electron chi connectivity index (χ2n) is 6.51. The summed E-state index contributed by atoms with van der Waals surface area (Å²) in [7, 11) is -1.75. The first-order valence-corrected chi connectivity index (χ1v) is 9.70. The van der Waals surface area contributed by atoms with Crippen molar-refractivity contribution < 1.29 is 4.43 Å². The van der Waals surface area contributed by atoms with Crippen LogP contribution in [0.1, 0.15) is 48.5 Å². The first kappa shape index (κ1) is 17.5. The van der Waals surface area contributed by atoms with Crippen molar-refractivity contribution >= 4 is 8.32 Å². The summed E-state index contributed by atoms with van der Waals surface area (Å²) >= 11 is 0. The normalized spacial score (nSPS) is 16.8. The summed E-state index contributed by atoms with van der Waals surface area (Å²) < 4.78 is 6.54. The van der Waals surface area contributed by atoms with Gasteiger partial charge in [0.25, 0.3) is 0 Å². The van der Waals surface area contributed by atoms with Crippen LogP contribution in [0.2, 0.25) is 18.1 Å². The maximum absolute atomic E-state index is 6.54. The van der Waals surface area contributed by atoms with Gasteiger partial charge in [-0.1, -0.05) is 32.8 Å². The van der Waals surface area contributed by atoms with Crippen LogP contribution >= 0.6 is 0 Å². The molecular formula is C16H30OSi. The summed E-state index contributed by atoms with van der Waals surface area (Å²) in [4.78, 5) is 0. The van der Waals surface area contributed by atoms with E-state index in [9.17, 15) is 0 Å². The lowest BCUT2D eigenvalue weighted by Gasteiger charge is -2.40. The van der Waals surface area contributed by atoms with Gasteiger partial charge in [0.2, 0.25) is 0 Å². The molecule has 0 aromatic carbocycles. The minimum atomic E-state index is -1.75. The van der Waals surface area contributed by atoms with Crippen LogP contribution in [0.25, 0.3) is 0 Å². The van der Waals surface area contributed by atoms with E-state index in [0.29, 0.717) is 0 Å². The van der Waals surface area contributed by atoms with E-state index in [2.05, 4.69) is 72.6 Å². The molecule has 0 bridgehead atoms. The van der Waals surface area contributed by atoms with E-state index in [1.54, 1.807) is 0 Å². The van der Waals surface area contributed by atoms with Crippen molar-refractivity contribution in [3.05, 3.63) is 11.6 Å². The van der Waals surface area contributed by atoms with Gasteiger partial charge >= 0.3 is 0 Å². The molecule has 1 nitrogen and oxygen atoms in total. The quantitative estimate of drug-likeness (QED) is 0.395. The Hall–Kier alpha value is -0.523. The second-order valence-corrected chi connectivity index (χ2v) is 11.3. The molecular weight excluding hydrogens is 236 g/mol. The van der Waals surface area contributed by atoms with Crippen LogP contribution in [0.3, 0.4) is 0 Å². The van der Waals surface area contributed by atoms with Crippen molar-refractivity contribution in [2.45, 2.75) is 72.7 Å². The summed E-state index contributed by atoms with van der Waals surface area (Å²) in [5.74, 6) is 6.50. The number of allylic oxidation sites excluding steroid dienone is 1. The highest BCUT2D eigenvalue weighted by Gasteiger charge is 2.40. The highest BCUT2D eigenvalue weighted by molar-refractivity contribution is 6.74. The zero-order chi connectivity index (χ0) is 14.6. The van der Waals surface area contributed by atoms with Crippen molar-refractivity contribution in [2.75, 3.05) is 0 Å². The van der Waals surface area contributed by atoms with Crippen LogP contribution in [-0.2, 0) is 4.43 Å². The van der Waals surface area contributed by atoms with E-state index in [4.69, 9.17) is 4.43 Å². The SMILES string of the molecule is CC#C[C@@H](C)[C@@H](O[Si](C)(C)C(C)(C)C)/C(C)=C/C. The van der Waals surface area contributed by atoms with Crippen molar-refractivity contribution in [1.29, 1.82) is 0 Å². The van der Waals surface area contributed by atoms with Gasteiger partial charge in [-0.05, 0) is 51.4 Å². The third-order valence-electron chi connectivity index (χ3n) is 3.96. The largest absolute Gasteiger partial charge is 0.409 e. The molecule has 0 N–H and O–H groups in total. The van der Waals surface area contributed by atoms with Gasteiger partial charge < -0.3 is 4.43 Å². The highest BCUT2D eigenvalue weighted by atomic mass is 28.4. The van der Waals surface area contributed by atoms with Gasteiger partial charge in [-0.2, -0.15) is 0 Å². The van der Waals surface area contributed by atoms with Crippen molar-refractivity contribution in [2.24, 2.45) is 5.92 Å². The molecule has 0 aromatic heterocycles. The number of hydrogen-bond donors (Lipinski definition) is 0. The van der Waals surface area contributed by atoms with Gasteiger partial charge in [0.1, 0.15) is 0 Å². The molecule has 0 aliphatic rings. The summed E-state index contributed by atoms with van der Waals surface area (Å²) in [6, 6.07) is 0. The third-order valence-corrected chi connectivity index (χ3v) is 8.41.